The Balaban J connectivity index is 1.80. The summed E-state index contributed by atoms with van der Waals surface area (Å²) in [4.78, 5) is 0.000668. The fourth-order valence-corrected chi connectivity index (χ4v) is 5.21. The molecule has 0 atom stereocenters. The van der Waals surface area contributed by atoms with Crippen LogP contribution < -0.4 is 18.9 Å². The van der Waals surface area contributed by atoms with Crippen molar-refractivity contribution < 1.29 is 26.3 Å². The van der Waals surface area contributed by atoms with Gasteiger partial charge in [-0.25, -0.2) is 16.8 Å². The molecule has 0 heterocycles. The van der Waals surface area contributed by atoms with E-state index in [1.807, 2.05) is 13.0 Å². The fraction of sp³-hybridized carbons (Fsp3) is 0.217. The fourth-order valence-electron chi connectivity index (χ4n) is 3.01. The molecule has 0 aliphatic rings. The molecule has 0 spiro atoms. The van der Waals surface area contributed by atoms with Gasteiger partial charge in [0.1, 0.15) is 0 Å². The van der Waals surface area contributed by atoms with Crippen LogP contribution in [0.4, 0.5) is 11.4 Å². The highest BCUT2D eigenvalue weighted by molar-refractivity contribution is 7.93. The van der Waals surface area contributed by atoms with Crippen molar-refractivity contribution in [3.63, 3.8) is 0 Å². The summed E-state index contributed by atoms with van der Waals surface area (Å²) in [6.07, 6.45) is 0. The van der Waals surface area contributed by atoms with E-state index >= 15 is 0 Å². The van der Waals surface area contributed by atoms with Crippen LogP contribution in [0.25, 0.3) is 0 Å². The van der Waals surface area contributed by atoms with Crippen LogP contribution in [-0.2, 0) is 20.0 Å². The van der Waals surface area contributed by atoms with Crippen LogP contribution in [0.5, 0.6) is 11.5 Å². The number of benzene rings is 3. The van der Waals surface area contributed by atoms with Crippen molar-refractivity contribution in [1.29, 1.82) is 0 Å². The summed E-state index contributed by atoms with van der Waals surface area (Å²) in [6.45, 7) is 6.18. The maximum absolute atomic E-state index is 12.8. The van der Waals surface area contributed by atoms with E-state index in [0.717, 1.165) is 5.56 Å². The number of hydrogen-bond acceptors (Lipinski definition) is 6. The first-order valence-corrected chi connectivity index (χ1v) is 13.2. The molecule has 0 radical (unpaired) electrons. The molecule has 0 fully saturated rings. The Bertz CT molecular complexity index is 1320. The van der Waals surface area contributed by atoms with E-state index in [9.17, 15) is 16.8 Å². The molecule has 0 aromatic heterocycles. The number of rotatable bonds is 10. The Labute approximate surface area is 194 Å². The number of aryl methyl sites for hydroxylation is 1. The van der Waals surface area contributed by atoms with Gasteiger partial charge in [-0.15, -0.1) is 0 Å². The summed E-state index contributed by atoms with van der Waals surface area (Å²) in [5.41, 5.74) is 1.48. The van der Waals surface area contributed by atoms with Crippen LogP contribution in [0.2, 0.25) is 0 Å². The van der Waals surface area contributed by atoms with Crippen LogP contribution in [0.1, 0.15) is 19.4 Å². The minimum absolute atomic E-state index is 0.00711. The van der Waals surface area contributed by atoms with Crippen molar-refractivity contribution >= 4 is 31.4 Å². The highest BCUT2D eigenvalue weighted by atomic mass is 32.2. The van der Waals surface area contributed by atoms with Crippen molar-refractivity contribution in [2.45, 2.75) is 30.6 Å². The maximum atomic E-state index is 12.8. The van der Waals surface area contributed by atoms with Crippen LogP contribution >= 0.6 is 0 Å². The molecule has 0 saturated heterocycles. The molecule has 3 aromatic carbocycles. The number of ether oxygens (including phenoxy) is 2. The lowest BCUT2D eigenvalue weighted by molar-refractivity contribution is 0.287. The van der Waals surface area contributed by atoms with Gasteiger partial charge in [-0.2, -0.15) is 0 Å². The minimum Gasteiger partial charge on any atom is -0.490 e. The molecule has 2 N–H and O–H groups in total. The zero-order valence-corrected chi connectivity index (χ0v) is 20.2. The SMILES string of the molecule is CCOc1ccc(S(=O)(=O)Nc2ccc(S(=O)(=O)Nc3ccccc3C)cc2)cc1OCC. The minimum atomic E-state index is -3.94. The first-order chi connectivity index (χ1) is 15.7. The Kier molecular flexibility index (Phi) is 7.50. The zero-order chi connectivity index (χ0) is 24.1. The van der Waals surface area contributed by atoms with Crippen molar-refractivity contribution in [1.82, 2.24) is 0 Å². The number of anilines is 2. The van der Waals surface area contributed by atoms with Crippen molar-refractivity contribution in [3.8, 4) is 11.5 Å². The molecule has 0 bridgehead atoms. The second-order valence-electron chi connectivity index (χ2n) is 7.02. The van der Waals surface area contributed by atoms with Crippen molar-refractivity contribution in [3.05, 3.63) is 72.3 Å². The quantitative estimate of drug-likeness (QED) is 0.436. The summed E-state index contributed by atoms with van der Waals surface area (Å²) < 4.78 is 67.0. The summed E-state index contributed by atoms with van der Waals surface area (Å²) >= 11 is 0. The topological polar surface area (TPSA) is 111 Å². The van der Waals surface area contributed by atoms with E-state index in [4.69, 9.17) is 9.47 Å². The second-order valence-corrected chi connectivity index (χ2v) is 10.4. The van der Waals surface area contributed by atoms with Gasteiger partial charge in [0.15, 0.2) is 11.5 Å². The Morgan fingerprint density at radius 3 is 1.91 bits per heavy atom. The average Bonchev–Trinajstić information content (AvgIpc) is 2.77. The maximum Gasteiger partial charge on any atom is 0.262 e. The molecule has 0 amide bonds. The third-order valence-corrected chi connectivity index (χ3v) is 7.39. The number of hydrogen-bond donors (Lipinski definition) is 2. The van der Waals surface area contributed by atoms with Gasteiger partial charge in [0.05, 0.1) is 28.7 Å². The lowest BCUT2D eigenvalue weighted by Gasteiger charge is -2.14. The molecule has 3 aromatic rings. The van der Waals surface area contributed by atoms with E-state index in [-0.39, 0.29) is 15.5 Å². The molecule has 0 aliphatic heterocycles. The van der Waals surface area contributed by atoms with E-state index in [2.05, 4.69) is 9.44 Å². The third kappa shape index (κ3) is 5.96. The standard InChI is InChI=1S/C23H26N2O6S2/c1-4-30-22-15-14-20(16-23(22)31-5-2)33(28,29)24-18-10-12-19(13-11-18)32(26,27)25-21-9-7-6-8-17(21)3/h6-16,24-25H,4-5H2,1-3H3. The predicted octanol–water partition coefficient (Wildman–Crippen LogP) is 4.39. The molecule has 8 nitrogen and oxygen atoms in total. The van der Waals surface area contributed by atoms with Crippen LogP contribution in [0.3, 0.4) is 0 Å². The van der Waals surface area contributed by atoms with Crippen LogP contribution in [0, 0.1) is 6.92 Å². The molecule has 0 saturated carbocycles. The highest BCUT2D eigenvalue weighted by Gasteiger charge is 2.19. The number of para-hydroxylation sites is 1. The average molecular weight is 491 g/mol. The molecule has 0 aliphatic carbocycles. The van der Waals surface area contributed by atoms with Gasteiger partial charge in [0.25, 0.3) is 20.0 Å². The smallest absolute Gasteiger partial charge is 0.262 e. The second kappa shape index (κ2) is 10.1. The first-order valence-electron chi connectivity index (χ1n) is 10.3. The van der Waals surface area contributed by atoms with E-state index in [0.29, 0.717) is 30.4 Å². The van der Waals surface area contributed by atoms with E-state index in [1.54, 1.807) is 32.0 Å². The summed E-state index contributed by atoms with van der Waals surface area (Å²) in [5.74, 6) is 0.778. The third-order valence-electron chi connectivity index (χ3n) is 4.63. The van der Waals surface area contributed by atoms with Gasteiger partial charge < -0.3 is 9.47 Å². The van der Waals surface area contributed by atoms with Crippen molar-refractivity contribution in [2.75, 3.05) is 22.7 Å². The van der Waals surface area contributed by atoms with Crippen molar-refractivity contribution in [2.24, 2.45) is 0 Å². The highest BCUT2D eigenvalue weighted by Crippen LogP contribution is 2.31. The van der Waals surface area contributed by atoms with E-state index < -0.39 is 20.0 Å². The van der Waals surface area contributed by atoms with Gasteiger partial charge in [0.2, 0.25) is 0 Å². The lowest BCUT2D eigenvalue weighted by atomic mass is 10.2. The first kappa shape index (κ1) is 24.4. The van der Waals surface area contributed by atoms with Crippen LogP contribution in [0.15, 0.2) is 76.5 Å². The summed E-state index contributed by atoms with van der Waals surface area (Å²) in [6, 6.07) is 16.8. The largest absolute Gasteiger partial charge is 0.490 e. The van der Waals surface area contributed by atoms with Gasteiger partial charge in [-0.3, -0.25) is 9.44 Å². The molecule has 33 heavy (non-hydrogen) atoms. The monoisotopic (exact) mass is 490 g/mol. The zero-order valence-electron chi connectivity index (χ0n) is 18.5. The molecule has 10 heteroatoms. The number of nitrogens with one attached hydrogen (secondary N) is 2. The molecule has 0 unspecified atom stereocenters. The Morgan fingerprint density at radius 1 is 0.697 bits per heavy atom. The van der Waals surface area contributed by atoms with Gasteiger partial charge in [-0.05, 0) is 68.8 Å². The van der Waals surface area contributed by atoms with E-state index in [1.165, 1.54) is 42.5 Å². The summed E-state index contributed by atoms with van der Waals surface area (Å²) in [5, 5.41) is 0. The lowest BCUT2D eigenvalue weighted by Crippen LogP contribution is -2.15. The predicted molar refractivity (Wildman–Crippen MR) is 128 cm³/mol. The number of sulfonamides is 2. The normalized spacial score (nSPS) is 11.6. The Hall–Kier alpha value is -3.24. The molecular formula is C23H26N2O6S2. The van der Waals surface area contributed by atoms with Gasteiger partial charge in [-0.1, -0.05) is 18.2 Å². The van der Waals surface area contributed by atoms with Gasteiger partial charge in [0, 0.05) is 11.8 Å². The van der Waals surface area contributed by atoms with Gasteiger partial charge >= 0.3 is 0 Å². The molecule has 176 valence electrons. The summed E-state index contributed by atoms with van der Waals surface area (Å²) in [7, 11) is -7.77. The van der Waals surface area contributed by atoms with Crippen LogP contribution in [-0.4, -0.2) is 30.0 Å². The Morgan fingerprint density at radius 2 is 1.27 bits per heavy atom. The molecule has 3 rings (SSSR count). The molecular weight excluding hydrogens is 464 g/mol.